The molecule has 0 spiro atoms. The fourth-order valence-electron chi connectivity index (χ4n) is 3.97. The first-order valence-corrected chi connectivity index (χ1v) is 12.0. The van der Waals surface area contributed by atoms with E-state index in [1.807, 2.05) is 18.2 Å². The summed E-state index contributed by atoms with van der Waals surface area (Å²) in [6.07, 6.45) is 0. The molecule has 2 nitrogen and oxygen atoms in total. The number of hydrogen-bond acceptors (Lipinski definition) is 3. The zero-order chi connectivity index (χ0) is 21.5. The maximum absolute atomic E-state index is 5.05. The minimum atomic E-state index is 0.746. The van der Waals surface area contributed by atoms with E-state index in [1.54, 1.807) is 11.3 Å². The van der Waals surface area contributed by atoms with Crippen LogP contribution in [0, 0.1) is 0 Å². The summed E-state index contributed by atoms with van der Waals surface area (Å²) in [5, 5.41) is 1.18. The highest BCUT2D eigenvalue weighted by molar-refractivity contribution is 9.10. The first kappa shape index (κ1) is 19.4. The number of halogens is 1. The Morgan fingerprint density at radius 2 is 1.19 bits per heavy atom. The average molecular weight is 493 g/mol. The van der Waals surface area contributed by atoms with Gasteiger partial charge in [-0.1, -0.05) is 101 Å². The molecular weight excluding hydrogens is 476 g/mol. The molecule has 0 unspecified atom stereocenters. The zero-order valence-electron chi connectivity index (χ0n) is 17.0. The van der Waals surface area contributed by atoms with Crippen molar-refractivity contribution in [3.8, 4) is 33.8 Å². The van der Waals surface area contributed by atoms with Gasteiger partial charge >= 0.3 is 0 Å². The number of nitrogens with zero attached hydrogens (tertiary/aromatic N) is 2. The van der Waals surface area contributed by atoms with E-state index in [4.69, 9.17) is 9.97 Å². The van der Waals surface area contributed by atoms with E-state index >= 15 is 0 Å². The van der Waals surface area contributed by atoms with Crippen molar-refractivity contribution in [3.05, 3.63) is 108 Å². The van der Waals surface area contributed by atoms with Crippen LogP contribution < -0.4 is 0 Å². The fourth-order valence-corrected chi connectivity index (χ4v) is 5.38. The van der Waals surface area contributed by atoms with Crippen molar-refractivity contribution in [2.45, 2.75) is 0 Å². The van der Waals surface area contributed by atoms with Gasteiger partial charge in [-0.05, 0) is 29.3 Å². The molecule has 2 aromatic heterocycles. The molecule has 2 heterocycles. The Kier molecular flexibility index (Phi) is 4.82. The Hall–Kier alpha value is -3.34. The van der Waals surface area contributed by atoms with Crippen molar-refractivity contribution in [2.75, 3.05) is 0 Å². The van der Waals surface area contributed by atoms with E-state index in [0.717, 1.165) is 37.3 Å². The summed E-state index contributed by atoms with van der Waals surface area (Å²) in [7, 11) is 0. The summed E-state index contributed by atoms with van der Waals surface area (Å²) in [6, 6.07) is 35.8. The molecule has 0 N–H and O–H groups in total. The molecule has 6 aromatic rings. The van der Waals surface area contributed by atoms with Gasteiger partial charge in [-0.3, -0.25) is 0 Å². The van der Waals surface area contributed by atoms with E-state index in [-0.39, 0.29) is 0 Å². The molecule has 6 rings (SSSR count). The Labute approximate surface area is 198 Å². The molecule has 0 atom stereocenters. The van der Waals surface area contributed by atoms with Crippen LogP contribution in [-0.4, -0.2) is 9.97 Å². The standard InChI is InChI=1S/C28H17BrN2S/c29-22-16-14-21(15-17-22)28-30-25(27-26(31-28)23-8-4-5-9-24(23)32-27)20-12-10-19(11-13-20)18-6-2-1-3-7-18/h1-17H. The molecular formula is C28H17BrN2S. The smallest absolute Gasteiger partial charge is 0.160 e. The SMILES string of the molecule is Brc1ccc(-c2nc(-c3ccc(-c4ccccc4)cc3)c3sc4ccccc4c3n2)cc1. The van der Waals surface area contributed by atoms with Gasteiger partial charge in [0.25, 0.3) is 0 Å². The highest BCUT2D eigenvalue weighted by atomic mass is 79.9. The van der Waals surface area contributed by atoms with Crippen LogP contribution in [0.15, 0.2) is 108 Å². The van der Waals surface area contributed by atoms with Gasteiger partial charge in [-0.15, -0.1) is 11.3 Å². The van der Waals surface area contributed by atoms with Crippen molar-refractivity contribution < 1.29 is 0 Å². The van der Waals surface area contributed by atoms with Crippen molar-refractivity contribution in [2.24, 2.45) is 0 Å². The summed E-state index contributed by atoms with van der Waals surface area (Å²) in [5.74, 6) is 0.746. The number of fused-ring (bicyclic) bond motifs is 3. The van der Waals surface area contributed by atoms with Gasteiger partial charge in [-0.25, -0.2) is 9.97 Å². The highest BCUT2D eigenvalue weighted by Gasteiger charge is 2.16. The predicted molar refractivity (Wildman–Crippen MR) is 139 cm³/mol. The average Bonchev–Trinajstić information content (AvgIpc) is 3.23. The lowest BCUT2D eigenvalue weighted by Crippen LogP contribution is -1.93. The molecule has 0 saturated heterocycles. The normalized spacial score (nSPS) is 11.3. The van der Waals surface area contributed by atoms with Crippen molar-refractivity contribution in [1.82, 2.24) is 9.97 Å². The quantitative estimate of drug-likeness (QED) is 0.247. The minimum absolute atomic E-state index is 0.746. The summed E-state index contributed by atoms with van der Waals surface area (Å²) < 4.78 is 3.39. The van der Waals surface area contributed by atoms with E-state index in [0.29, 0.717) is 0 Å². The van der Waals surface area contributed by atoms with Gasteiger partial charge in [0.2, 0.25) is 0 Å². The molecule has 0 aliphatic rings. The maximum atomic E-state index is 5.05. The van der Waals surface area contributed by atoms with Crippen LogP contribution in [-0.2, 0) is 0 Å². The zero-order valence-corrected chi connectivity index (χ0v) is 19.4. The van der Waals surface area contributed by atoms with Crippen LogP contribution in [0.3, 0.4) is 0 Å². The Balaban J connectivity index is 1.57. The molecule has 4 aromatic carbocycles. The third-order valence-corrected chi connectivity index (χ3v) is 7.28. The molecule has 0 aliphatic heterocycles. The van der Waals surface area contributed by atoms with Crippen LogP contribution >= 0.6 is 27.3 Å². The van der Waals surface area contributed by atoms with Crippen LogP contribution in [0.4, 0.5) is 0 Å². The van der Waals surface area contributed by atoms with Gasteiger partial charge in [0, 0.05) is 25.7 Å². The van der Waals surface area contributed by atoms with Gasteiger partial charge in [0.05, 0.1) is 15.9 Å². The van der Waals surface area contributed by atoms with E-state index < -0.39 is 0 Å². The van der Waals surface area contributed by atoms with Gasteiger partial charge in [0.15, 0.2) is 5.82 Å². The Morgan fingerprint density at radius 1 is 0.562 bits per heavy atom. The second kappa shape index (κ2) is 7.97. The van der Waals surface area contributed by atoms with Gasteiger partial charge < -0.3 is 0 Å². The largest absolute Gasteiger partial charge is 0.226 e. The number of benzene rings is 4. The van der Waals surface area contributed by atoms with E-state index in [9.17, 15) is 0 Å². The molecule has 0 fully saturated rings. The lowest BCUT2D eigenvalue weighted by molar-refractivity contribution is 1.24. The third-order valence-electron chi connectivity index (χ3n) is 5.59. The molecule has 152 valence electrons. The second-order valence-corrected chi connectivity index (χ2v) is 9.59. The number of rotatable bonds is 3. The van der Waals surface area contributed by atoms with E-state index in [1.165, 1.54) is 21.2 Å². The Morgan fingerprint density at radius 3 is 1.97 bits per heavy atom. The minimum Gasteiger partial charge on any atom is -0.226 e. The molecule has 0 bridgehead atoms. The summed E-state index contributed by atoms with van der Waals surface area (Å²) in [6.45, 7) is 0. The number of thiophene rings is 1. The predicted octanol–water partition coefficient (Wildman–Crippen LogP) is 8.61. The molecule has 4 heteroatoms. The van der Waals surface area contributed by atoms with Crippen LogP contribution in [0.25, 0.3) is 54.1 Å². The first-order valence-electron chi connectivity index (χ1n) is 10.4. The maximum Gasteiger partial charge on any atom is 0.160 e. The topological polar surface area (TPSA) is 25.8 Å². The molecule has 0 amide bonds. The summed E-state index contributed by atoms with van der Waals surface area (Å²) in [5.41, 5.74) is 6.51. The van der Waals surface area contributed by atoms with Crippen LogP contribution in [0.5, 0.6) is 0 Å². The third kappa shape index (κ3) is 3.42. The number of aromatic nitrogens is 2. The first-order chi connectivity index (χ1) is 15.8. The Bertz CT molecular complexity index is 1550. The monoisotopic (exact) mass is 492 g/mol. The van der Waals surface area contributed by atoms with Crippen molar-refractivity contribution in [3.63, 3.8) is 0 Å². The van der Waals surface area contributed by atoms with Gasteiger partial charge in [-0.2, -0.15) is 0 Å². The lowest BCUT2D eigenvalue weighted by Gasteiger charge is -2.08. The van der Waals surface area contributed by atoms with Crippen LogP contribution in [0.2, 0.25) is 0 Å². The summed E-state index contributed by atoms with van der Waals surface area (Å²) in [4.78, 5) is 10.1. The lowest BCUT2D eigenvalue weighted by atomic mass is 10.0. The van der Waals surface area contributed by atoms with E-state index in [2.05, 4.69) is 101 Å². The second-order valence-electron chi connectivity index (χ2n) is 7.62. The van der Waals surface area contributed by atoms with Crippen molar-refractivity contribution in [1.29, 1.82) is 0 Å². The highest BCUT2D eigenvalue weighted by Crippen LogP contribution is 2.39. The molecule has 0 aliphatic carbocycles. The molecule has 0 radical (unpaired) electrons. The fraction of sp³-hybridized carbons (Fsp3) is 0. The van der Waals surface area contributed by atoms with Gasteiger partial charge in [0.1, 0.15) is 0 Å². The molecule has 32 heavy (non-hydrogen) atoms. The number of hydrogen-bond donors (Lipinski definition) is 0. The van der Waals surface area contributed by atoms with Crippen molar-refractivity contribution >= 4 is 47.6 Å². The molecule has 0 saturated carbocycles. The summed E-state index contributed by atoms with van der Waals surface area (Å²) >= 11 is 5.28. The van der Waals surface area contributed by atoms with Crippen LogP contribution in [0.1, 0.15) is 0 Å².